The third-order valence-electron chi connectivity index (χ3n) is 9.64. The molecule has 1 unspecified atom stereocenters. The van der Waals surface area contributed by atoms with Gasteiger partial charge in [-0.15, -0.1) is 0 Å². The Morgan fingerprint density at radius 3 is 1.23 bits per heavy atom. The Bertz CT molecular complexity index is 865. The first-order valence-electron chi connectivity index (χ1n) is 21.8. The Morgan fingerprint density at radius 2 is 0.865 bits per heavy atom. The highest BCUT2D eigenvalue weighted by Gasteiger charge is 2.27. The largest absolute Gasteiger partial charge is 0.472 e. The Balaban J connectivity index is 4.20. The molecular formula is C42H85NO8P+. The maximum absolute atomic E-state index is 12.6. The number of phosphoric acid groups is 1. The van der Waals surface area contributed by atoms with E-state index in [0.29, 0.717) is 23.9 Å². The van der Waals surface area contributed by atoms with Crippen molar-refractivity contribution in [1.29, 1.82) is 0 Å². The number of nitrogens with zero attached hydrogens (tertiary/aromatic N) is 1. The predicted molar refractivity (Wildman–Crippen MR) is 215 cm³/mol. The van der Waals surface area contributed by atoms with Crippen LogP contribution >= 0.6 is 7.82 Å². The Kier molecular flexibility index (Phi) is 35.0. The van der Waals surface area contributed by atoms with Crippen LogP contribution in [-0.2, 0) is 32.7 Å². The van der Waals surface area contributed by atoms with Gasteiger partial charge in [0.25, 0.3) is 0 Å². The Labute approximate surface area is 321 Å². The van der Waals surface area contributed by atoms with Gasteiger partial charge in [0.1, 0.15) is 19.8 Å². The molecule has 0 aromatic rings. The average Bonchev–Trinajstić information content (AvgIpc) is 3.09. The fourth-order valence-electron chi connectivity index (χ4n) is 6.19. The summed E-state index contributed by atoms with van der Waals surface area (Å²) in [5.74, 6) is -0.788. The second-order valence-electron chi connectivity index (χ2n) is 16.1. The third-order valence-corrected chi connectivity index (χ3v) is 10.6. The van der Waals surface area contributed by atoms with Crippen LogP contribution < -0.4 is 0 Å². The molecule has 0 spiro atoms. The van der Waals surface area contributed by atoms with Gasteiger partial charge in [0.15, 0.2) is 6.10 Å². The smallest absolute Gasteiger partial charge is 0.462 e. The lowest BCUT2D eigenvalue weighted by Gasteiger charge is -2.24. The molecule has 52 heavy (non-hydrogen) atoms. The molecule has 0 aromatic carbocycles. The summed E-state index contributed by atoms with van der Waals surface area (Å²) in [7, 11) is 1.49. The van der Waals surface area contributed by atoms with Crippen LogP contribution in [0.1, 0.15) is 206 Å². The lowest BCUT2D eigenvalue weighted by molar-refractivity contribution is -0.870. The van der Waals surface area contributed by atoms with Crippen molar-refractivity contribution >= 4 is 19.8 Å². The minimum atomic E-state index is -4.36. The monoisotopic (exact) mass is 763 g/mol. The van der Waals surface area contributed by atoms with E-state index in [1.165, 1.54) is 141 Å². The number of unbranched alkanes of at least 4 members (excludes halogenated alkanes) is 26. The maximum Gasteiger partial charge on any atom is 0.472 e. The van der Waals surface area contributed by atoms with Crippen LogP contribution in [0.2, 0.25) is 0 Å². The molecule has 0 aliphatic rings. The topological polar surface area (TPSA) is 108 Å². The quantitative estimate of drug-likeness (QED) is 0.0284. The van der Waals surface area contributed by atoms with Crippen molar-refractivity contribution in [2.75, 3.05) is 47.5 Å². The zero-order valence-corrected chi connectivity index (χ0v) is 35.7. The number of quaternary nitrogens is 1. The van der Waals surface area contributed by atoms with Gasteiger partial charge in [-0.05, 0) is 12.8 Å². The van der Waals surface area contributed by atoms with E-state index < -0.39 is 26.5 Å². The van der Waals surface area contributed by atoms with Gasteiger partial charge < -0.3 is 18.9 Å². The summed E-state index contributed by atoms with van der Waals surface area (Å²) in [6.07, 6.45) is 34.4. The van der Waals surface area contributed by atoms with Gasteiger partial charge in [0.2, 0.25) is 0 Å². The lowest BCUT2D eigenvalue weighted by Crippen LogP contribution is -2.37. The highest BCUT2D eigenvalue weighted by atomic mass is 31.2. The molecule has 0 fully saturated rings. The van der Waals surface area contributed by atoms with E-state index in [-0.39, 0.29) is 25.6 Å². The van der Waals surface area contributed by atoms with Gasteiger partial charge in [-0.25, -0.2) is 4.57 Å². The molecule has 0 aliphatic heterocycles. The van der Waals surface area contributed by atoms with E-state index >= 15 is 0 Å². The average molecular weight is 763 g/mol. The van der Waals surface area contributed by atoms with Crippen molar-refractivity contribution in [3.63, 3.8) is 0 Å². The van der Waals surface area contributed by atoms with E-state index in [9.17, 15) is 19.0 Å². The van der Waals surface area contributed by atoms with E-state index in [0.717, 1.165) is 32.1 Å². The molecule has 0 bridgehead atoms. The minimum Gasteiger partial charge on any atom is -0.462 e. The van der Waals surface area contributed by atoms with Gasteiger partial charge >= 0.3 is 19.8 Å². The highest BCUT2D eigenvalue weighted by molar-refractivity contribution is 7.47. The van der Waals surface area contributed by atoms with Crippen LogP contribution in [0.4, 0.5) is 0 Å². The van der Waals surface area contributed by atoms with Crippen LogP contribution in [0.5, 0.6) is 0 Å². The Morgan fingerprint density at radius 1 is 0.519 bits per heavy atom. The van der Waals surface area contributed by atoms with Gasteiger partial charge in [-0.1, -0.05) is 181 Å². The standard InChI is InChI=1S/C42H84NO8P/c1-6-8-10-12-14-16-17-18-19-20-21-22-23-24-25-27-28-30-32-34-41(44)48-38-40(39-50-52(46,47)49-37-36-43(3,4)5)51-42(45)35-33-31-29-26-15-13-11-9-7-2/h40H,6-39H2,1-5H3/p+1/t40-/m0/s1. The van der Waals surface area contributed by atoms with Gasteiger partial charge in [-0.2, -0.15) is 0 Å². The van der Waals surface area contributed by atoms with Gasteiger partial charge in [0, 0.05) is 12.8 Å². The lowest BCUT2D eigenvalue weighted by atomic mass is 10.0. The van der Waals surface area contributed by atoms with Crippen LogP contribution in [0.15, 0.2) is 0 Å². The second-order valence-corrected chi connectivity index (χ2v) is 17.6. The SMILES string of the molecule is CCCCCCCCCCCCCCCCCCCCCC(=O)OC[C@@H](COP(=O)(O)OCC[N+](C)(C)C)OC(=O)CCCCCCCCCCC. The summed E-state index contributed by atoms with van der Waals surface area (Å²) < 4.78 is 34.2. The van der Waals surface area contributed by atoms with E-state index in [4.69, 9.17) is 18.5 Å². The van der Waals surface area contributed by atoms with Gasteiger partial charge in [0.05, 0.1) is 27.7 Å². The molecule has 10 heteroatoms. The first-order chi connectivity index (χ1) is 25.0. The van der Waals surface area contributed by atoms with Crippen LogP contribution in [0, 0.1) is 0 Å². The summed E-state index contributed by atoms with van der Waals surface area (Å²) in [5.41, 5.74) is 0. The van der Waals surface area contributed by atoms with Crippen molar-refractivity contribution < 1.29 is 42.1 Å². The van der Waals surface area contributed by atoms with Crippen LogP contribution in [-0.4, -0.2) is 74.9 Å². The molecule has 2 atom stereocenters. The van der Waals surface area contributed by atoms with E-state index in [1.54, 1.807) is 0 Å². The number of hydrogen-bond acceptors (Lipinski definition) is 7. The minimum absolute atomic E-state index is 0.0365. The van der Waals surface area contributed by atoms with Crippen LogP contribution in [0.3, 0.4) is 0 Å². The number of ether oxygens (including phenoxy) is 2. The normalized spacial score (nSPS) is 13.6. The zero-order chi connectivity index (χ0) is 38.6. The molecule has 0 saturated carbocycles. The molecular weight excluding hydrogens is 677 g/mol. The molecule has 0 radical (unpaired) electrons. The summed E-state index contributed by atoms with van der Waals surface area (Å²) in [6.45, 7) is 4.43. The molecule has 0 aromatic heterocycles. The maximum atomic E-state index is 12.6. The second kappa shape index (κ2) is 35.7. The zero-order valence-electron chi connectivity index (χ0n) is 34.8. The van der Waals surface area contributed by atoms with Crippen molar-refractivity contribution in [1.82, 2.24) is 0 Å². The van der Waals surface area contributed by atoms with Crippen LogP contribution in [0.25, 0.3) is 0 Å². The molecule has 0 aliphatic carbocycles. The molecule has 9 nitrogen and oxygen atoms in total. The predicted octanol–water partition coefficient (Wildman–Crippen LogP) is 12.0. The van der Waals surface area contributed by atoms with Crippen molar-refractivity contribution in [2.24, 2.45) is 0 Å². The molecule has 0 saturated heterocycles. The third kappa shape index (κ3) is 38.7. The molecule has 0 rings (SSSR count). The Hall–Kier alpha value is -0.990. The fraction of sp³-hybridized carbons (Fsp3) is 0.952. The molecule has 0 heterocycles. The number of carbonyl (C=O) groups excluding carboxylic acids is 2. The summed E-state index contributed by atoms with van der Waals surface area (Å²) in [6, 6.07) is 0. The molecule has 310 valence electrons. The van der Waals surface area contributed by atoms with E-state index in [1.807, 2.05) is 21.1 Å². The van der Waals surface area contributed by atoms with Crippen molar-refractivity contribution in [3.8, 4) is 0 Å². The summed E-state index contributed by atoms with van der Waals surface area (Å²) >= 11 is 0. The first-order valence-corrected chi connectivity index (χ1v) is 23.3. The number of carbonyl (C=O) groups is 2. The molecule has 1 N–H and O–H groups in total. The number of hydrogen-bond donors (Lipinski definition) is 1. The highest BCUT2D eigenvalue weighted by Crippen LogP contribution is 2.43. The number of rotatable bonds is 40. The fourth-order valence-corrected chi connectivity index (χ4v) is 6.93. The number of phosphoric ester groups is 1. The summed E-state index contributed by atoms with van der Waals surface area (Å²) in [4.78, 5) is 35.2. The molecule has 0 amide bonds. The van der Waals surface area contributed by atoms with E-state index in [2.05, 4.69) is 13.8 Å². The van der Waals surface area contributed by atoms with Gasteiger partial charge in [-0.3, -0.25) is 18.6 Å². The first kappa shape index (κ1) is 51.0. The van der Waals surface area contributed by atoms with Crippen molar-refractivity contribution in [2.45, 2.75) is 213 Å². The summed E-state index contributed by atoms with van der Waals surface area (Å²) in [5, 5.41) is 0. The number of likely N-dealkylation sites (N-methyl/N-ethyl adjacent to an activating group) is 1. The number of esters is 2. The van der Waals surface area contributed by atoms with Crippen molar-refractivity contribution in [3.05, 3.63) is 0 Å².